The van der Waals surface area contributed by atoms with Gasteiger partial charge in [0.15, 0.2) is 0 Å². The molecule has 0 unspecified atom stereocenters. The second-order valence-corrected chi connectivity index (χ2v) is 6.82. The fourth-order valence-electron chi connectivity index (χ4n) is 2.65. The molecule has 0 heterocycles. The lowest BCUT2D eigenvalue weighted by atomic mass is 10.0. The lowest BCUT2D eigenvalue weighted by Gasteiger charge is -2.07. The molecular weight excluding hydrogens is 348 g/mol. The lowest BCUT2D eigenvalue weighted by molar-refractivity contribution is -0.128. The summed E-state index contributed by atoms with van der Waals surface area (Å²) >= 11 is 0. The zero-order chi connectivity index (χ0) is 19.8. The second kappa shape index (κ2) is 9.56. The first-order chi connectivity index (χ1) is 13.6. The van der Waals surface area contributed by atoms with Gasteiger partial charge in [-0.25, -0.2) is 4.79 Å². The van der Waals surface area contributed by atoms with Crippen LogP contribution in [-0.2, 0) is 11.4 Å². The van der Waals surface area contributed by atoms with E-state index in [4.69, 9.17) is 9.47 Å². The molecule has 3 aromatic carbocycles. The van der Waals surface area contributed by atoms with Crippen LogP contribution in [0.2, 0.25) is 0 Å². The third kappa shape index (κ3) is 5.85. The lowest BCUT2D eigenvalue weighted by Crippen LogP contribution is -2.03. The largest absolute Gasteiger partial charge is 0.489 e. The van der Waals surface area contributed by atoms with Crippen LogP contribution in [0, 0.1) is 0 Å². The number of esters is 1. The van der Waals surface area contributed by atoms with Crippen LogP contribution in [0.5, 0.6) is 11.5 Å². The van der Waals surface area contributed by atoms with Gasteiger partial charge in [-0.1, -0.05) is 68.4 Å². The Bertz CT molecular complexity index is 908. The monoisotopic (exact) mass is 372 g/mol. The van der Waals surface area contributed by atoms with Gasteiger partial charge in [0.05, 0.1) is 0 Å². The van der Waals surface area contributed by atoms with Crippen LogP contribution in [-0.4, -0.2) is 5.97 Å². The van der Waals surface area contributed by atoms with Crippen LogP contribution in [0.3, 0.4) is 0 Å². The van der Waals surface area contributed by atoms with Crippen LogP contribution in [0.25, 0.3) is 6.08 Å². The standard InChI is InChI=1S/C25H24O3/c1-19(2)22-11-15-24(16-12-22)28-25(26)17-10-20-8-13-23(14-9-20)27-18-21-6-4-3-5-7-21/h3-17,19H,18H2,1-2H3/b17-10+. The molecule has 28 heavy (non-hydrogen) atoms. The Balaban J connectivity index is 1.51. The van der Waals surface area contributed by atoms with Crippen molar-refractivity contribution in [3.8, 4) is 11.5 Å². The van der Waals surface area contributed by atoms with Crippen molar-refractivity contribution in [3.05, 3.63) is 102 Å². The number of hydrogen-bond acceptors (Lipinski definition) is 3. The van der Waals surface area contributed by atoms with Crippen molar-refractivity contribution in [1.82, 2.24) is 0 Å². The Kier molecular flexibility index (Phi) is 6.64. The summed E-state index contributed by atoms with van der Waals surface area (Å²) in [5.74, 6) is 1.38. The average molecular weight is 372 g/mol. The molecule has 0 bridgehead atoms. The molecule has 3 heteroatoms. The van der Waals surface area contributed by atoms with Gasteiger partial charge in [-0.15, -0.1) is 0 Å². The Labute approximate surface area is 166 Å². The molecule has 0 spiro atoms. The summed E-state index contributed by atoms with van der Waals surface area (Å²) < 4.78 is 11.1. The summed E-state index contributed by atoms with van der Waals surface area (Å²) in [6.45, 7) is 4.78. The molecule has 0 aliphatic heterocycles. The topological polar surface area (TPSA) is 35.5 Å². The quantitative estimate of drug-likeness (QED) is 0.289. The fourth-order valence-corrected chi connectivity index (χ4v) is 2.65. The van der Waals surface area contributed by atoms with Gasteiger partial charge >= 0.3 is 5.97 Å². The van der Waals surface area contributed by atoms with E-state index in [2.05, 4.69) is 13.8 Å². The molecule has 0 aliphatic carbocycles. The van der Waals surface area contributed by atoms with Crippen LogP contribution < -0.4 is 9.47 Å². The average Bonchev–Trinajstić information content (AvgIpc) is 2.72. The van der Waals surface area contributed by atoms with E-state index in [1.807, 2.05) is 78.9 Å². The fraction of sp³-hybridized carbons (Fsp3) is 0.160. The molecule has 3 nitrogen and oxygen atoms in total. The summed E-state index contributed by atoms with van der Waals surface area (Å²) in [5.41, 5.74) is 3.24. The van der Waals surface area contributed by atoms with Crippen LogP contribution >= 0.6 is 0 Å². The van der Waals surface area contributed by atoms with E-state index in [0.29, 0.717) is 18.3 Å². The number of ether oxygens (including phenoxy) is 2. The highest BCUT2D eigenvalue weighted by atomic mass is 16.5. The van der Waals surface area contributed by atoms with Gasteiger partial charge in [0.2, 0.25) is 0 Å². The van der Waals surface area contributed by atoms with Crippen molar-refractivity contribution in [2.24, 2.45) is 0 Å². The summed E-state index contributed by atoms with van der Waals surface area (Å²) in [6, 6.07) is 25.2. The van der Waals surface area contributed by atoms with Gasteiger partial charge < -0.3 is 9.47 Å². The van der Waals surface area contributed by atoms with Crippen molar-refractivity contribution in [2.45, 2.75) is 26.4 Å². The predicted molar refractivity (Wildman–Crippen MR) is 112 cm³/mol. The Morgan fingerprint density at radius 2 is 1.50 bits per heavy atom. The first kappa shape index (κ1) is 19.4. The maximum atomic E-state index is 12.0. The van der Waals surface area contributed by atoms with Crippen molar-refractivity contribution < 1.29 is 14.3 Å². The van der Waals surface area contributed by atoms with E-state index in [1.54, 1.807) is 6.08 Å². The Morgan fingerprint density at radius 3 is 2.14 bits per heavy atom. The molecule has 3 aromatic rings. The first-order valence-electron chi connectivity index (χ1n) is 9.37. The minimum absolute atomic E-state index is 0.401. The molecule has 142 valence electrons. The minimum Gasteiger partial charge on any atom is -0.489 e. The van der Waals surface area contributed by atoms with E-state index in [-0.39, 0.29) is 0 Å². The molecule has 0 atom stereocenters. The van der Waals surface area contributed by atoms with E-state index in [0.717, 1.165) is 16.9 Å². The van der Waals surface area contributed by atoms with Crippen molar-refractivity contribution in [1.29, 1.82) is 0 Å². The van der Waals surface area contributed by atoms with Gasteiger partial charge in [0.25, 0.3) is 0 Å². The third-order valence-corrected chi connectivity index (χ3v) is 4.31. The Morgan fingerprint density at radius 1 is 0.857 bits per heavy atom. The molecule has 0 amide bonds. The van der Waals surface area contributed by atoms with Gasteiger partial charge in [0.1, 0.15) is 18.1 Å². The van der Waals surface area contributed by atoms with Gasteiger partial charge in [-0.05, 0) is 52.9 Å². The van der Waals surface area contributed by atoms with Crippen LogP contribution in [0.4, 0.5) is 0 Å². The molecule has 0 N–H and O–H groups in total. The third-order valence-electron chi connectivity index (χ3n) is 4.31. The zero-order valence-electron chi connectivity index (χ0n) is 16.2. The molecule has 0 fully saturated rings. The highest BCUT2D eigenvalue weighted by Gasteiger charge is 2.03. The van der Waals surface area contributed by atoms with Crippen molar-refractivity contribution in [2.75, 3.05) is 0 Å². The summed E-state index contributed by atoms with van der Waals surface area (Å²) in [7, 11) is 0. The zero-order valence-corrected chi connectivity index (χ0v) is 16.2. The summed E-state index contributed by atoms with van der Waals surface area (Å²) in [6.07, 6.45) is 3.15. The second-order valence-electron chi connectivity index (χ2n) is 6.82. The summed E-state index contributed by atoms with van der Waals surface area (Å²) in [5, 5.41) is 0. The predicted octanol–water partition coefficient (Wildman–Crippen LogP) is 6.01. The van der Waals surface area contributed by atoms with Gasteiger partial charge in [-0.3, -0.25) is 0 Å². The normalized spacial score (nSPS) is 11.0. The number of benzene rings is 3. The molecule has 0 aromatic heterocycles. The highest BCUT2D eigenvalue weighted by molar-refractivity contribution is 5.88. The number of carbonyl (C=O) groups excluding carboxylic acids is 1. The number of rotatable bonds is 7. The molecular formula is C25H24O3. The van der Waals surface area contributed by atoms with E-state index < -0.39 is 5.97 Å². The molecule has 0 aliphatic rings. The summed E-state index contributed by atoms with van der Waals surface area (Å²) in [4.78, 5) is 12.0. The molecule has 0 saturated carbocycles. The maximum Gasteiger partial charge on any atom is 0.336 e. The van der Waals surface area contributed by atoms with Gasteiger partial charge in [0, 0.05) is 6.08 Å². The smallest absolute Gasteiger partial charge is 0.336 e. The van der Waals surface area contributed by atoms with Crippen LogP contribution in [0.1, 0.15) is 36.5 Å². The van der Waals surface area contributed by atoms with E-state index in [9.17, 15) is 4.79 Å². The van der Waals surface area contributed by atoms with Crippen molar-refractivity contribution in [3.63, 3.8) is 0 Å². The Hall–Kier alpha value is -3.33. The number of carbonyl (C=O) groups is 1. The minimum atomic E-state index is -0.401. The number of hydrogen-bond donors (Lipinski definition) is 0. The molecule has 0 saturated heterocycles. The molecule has 0 radical (unpaired) electrons. The first-order valence-corrected chi connectivity index (χ1v) is 9.37. The SMILES string of the molecule is CC(C)c1ccc(OC(=O)/C=C/c2ccc(OCc3ccccc3)cc2)cc1. The van der Waals surface area contributed by atoms with Gasteiger partial charge in [-0.2, -0.15) is 0 Å². The maximum absolute atomic E-state index is 12.0. The highest BCUT2D eigenvalue weighted by Crippen LogP contribution is 2.19. The van der Waals surface area contributed by atoms with E-state index in [1.165, 1.54) is 11.6 Å². The molecule has 3 rings (SSSR count). The van der Waals surface area contributed by atoms with Crippen molar-refractivity contribution >= 4 is 12.0 Å². The van der Waals surface area contributed by atoms with Crippen LogP contribution in [0.15, 0.2) is 84.9 Å². The van der Waals surface area contributed by atoms with E-state index >= 15 is 0 Å².